The van der Waals surface area contributed by atoms with Gasteiger partial charge < -0.3 is 10.4 Å². The number of nitroso groups, excluding NO2 is 1. The van der Waals surface area contributed by atoms with Crippen LogP contribution in [0.4, 0.5) is 4.79 Å². The lowest BCUT2D eigenvalue weighted by Crippen LogP contribution is -2.45. The van der Waals surface area contributed by atoms with E-state index in [1.54, 1.807) is 0 Å². The van der Waals surface area contributed by atoms with Gasteiger partial charge in [0.25, 0.3) is 0 Å². The molecular formula is C10H16ClN3O4. The van der Waals surface area contributed by atoms with Crippen LogP contribution in [0.1, 0.15) is 25.7 Å². The summed E-state index contributed by atoms with van der Waals surface area (Å²) in [6, 6.07) is -0.853. The Morgan fingerprint density at radius 3 is 2.72 bits per heavy atom. The van der Waals surface area contributed by atoms with E-state index < -0.39 is 17.9 Å². The van der Waals surface area contributed by atoms with Gasteiger partial charge in [0.2, 0.25) is 0 Å². The van der Waals surface area contributed by atoms with Crippen molar-refractivity contribution in [2.75, 3.05) is 12.4 Å². The second kappa shape index (κ2) is 7.15. The molecule has 1 fully saturated rings. The molecule has 0 saturated heterocycles. The van der Waals surface area contributed by atoms with Crippen LogP contribution in [-0.2, 0) is 4.79 Å². The van der Waals surface area contributed by atoms with Crippen molar-refractivity contribution in [3.05, 3.63) is 4.91 Å². The first-order valence-corrected chi connectivity index (χ1v) is 6.32. The number of amides is 2. The number of nitrogens with zero attached hydrogens (tertiary/aromatic N) is 2. The number of alkyl halides is 1. The zero-order valence-corrected chi connectivity index (χ0v) is 10.6. The average Bonchev–Trinajstić information content (AvgIpc) is 2.36. The molecule has 0 aromatic rings. The van der Waals surface area contributed by atoms with Crippen LogP contribution in [-0.4, -0.2) is 40.6 Å². The number of hydrogen-bond acceptors (Lipinski definition) is 4. The van der Waals surface area contributed by atoms with Crippen molar-refractivity contribution >= 4 is 23.6 Å². The van der Waals surface area contributed by atoms with Gasteiger partial charge in [-0.2, -0.15) is 5.01 Å². The minimum atomic E-state index is -0.847. The van der Waals surface area contributed by atoms with Crippen molar-refractivity contribution in [3.63, 3.8) is 0 Å². The van der Waals surface area contributed by atoms with Gasteiger partial charge in [-0.1, -0.05) is 6.42 Å². The van der Waals surface area contributed by atoms with Crippen LogP contribution in [0.15, 0.2) is 5.29 Å². The van der Waals surface area contributed by atoms with E-state index in [1.807, 2.05) is 0 Å². The molecular weight excluding hydrogens is 262 g/mol. The lowest BCUT2D eigenvalue weighted by atomic mass is 9.86. The van der Waals surface area contributed by atoms with Crippen molar-refractivity contribution in [1.29, 1.82) is 0 Å². The van der Waals surface area contributed by atoms with Crippen molar-refractivity contribution in [1.82, 2.24) is 10.3 Å². The quantitative estimate of drug-likeness (QED) is 0.452. The number of halogens is 1. The Balaban J connectivity index is 2.48. The number of rotatable bonds is 5. The summed E-state index contributed by atoms with van der Waals surface area (Å²) >= 11 is 5.43. The molecule has 2 amide bonds. The fourth-order valence-electron chi connectivity index (χ4n) is 2.05. The van der Waals surface area contributed by atoms with E-state index in [1.165, 1.54) is 0 Å². The van der Waals surface area contributed by atoms with E-state index in [0.29, 0.717) is 24.3 Å². The van der Waals surface area contributed by atoms with Gasteiger partial charge in [-0.25, -0.2) is 4.79 Å². The van der Waals surface area contributed by atoms with Crippen molar-refractivity contribution in [2.45, 2.75) is 31.7 Å². The van der Waals surface area contributed by atoms with Gasteiger partial charge in [0.15, 0.2) is 0 Å². The maximum Gasteiger partial charge on any atom is 0.340 e. The third kappa shape index (κ3) is 4.14. The first-order valence-electron chi connectivity index (χ1n) is 5.78. The molecule has 0 unspecified atom stereocenters. The van der Waals surface area contributed by atoms with E-state index >= 15 is 0 Å². The molecule has 0 aromatic heterocycles. The van der Waals surface area contributed by atoms with E-state index in [-0.39, 0.29) is 18.5 Å². The smallest absolute Gasteiger partial charge is 0.340 e. The van der Waals surface area contributed by atoms with Crippen LogP contribution >= 0.6 is 11.6 Å². The predicted molar refractivity (Wildman–Crippen MR) is 65.1 cm³/mol. The molecule has 0 aliphatic heterocycles. The molecule has 2 N–H and O–H groups in total. The lowest BCUT2D eigenvalue weighted by Gasteiger charge is -2.28. The maximum atomic E-state index is 11.6. The maximum absolute atomic E-state index is 11.6. The summed E-state index contributed by atoms with van der Waals surface area (Å²) in [5.41, 5.74) is 0. The molecule has 0 bridgehead atoms. The molecule has 8 heteroatoms. The van der Waals surface area contributed by atoms with Gasteiger partial charge >= 0.3 is 12.0 Å². The standard InChI is InChI=1S/C10H16ClN3O4/c11-4-5-14(13-18)10(17)12-8-3-1-2-7(6-8)9(15)16/h7-8H,1-6H2,(H,12,17)(H,15,16)/t7-,8+/m0/s1. The summed E-state index contributed by atoms with van der Waals surface area (Å²) in [5.74, 6) is -1.17. The van der Waals surface area contributed by atoms with Crippen LogP contribution in [0.2, 0.25) is 0 Å². The number of urea groups is 1. The molecule has 7 nitrogen and oxygen atoms in total. The SMILES string of the molecule is O=NN(CCCl)C(=O)N[C@@H]1CCC[C@H](C(=O)O)C1. The molecule has 2 atom stereocenters. The zero-order valence-electron chi connectivity index (χ0n) is 9.84. The fourth-order valence-corrected chi connectivity index (χ4v) is 2.21. The Labute approximate surface area is 109 Å². The summed E-state index contributed by atoms with van der Waals surface area (Å²) in [6.07, 6.45) is 2.46. The van der Waals surface area contributed by atoms with Crippen LogP contribution in [0.25, 0.3) is 0 Å². The van der Waals surface area contributed by atoms with Gasteiger partial charge in [-0.05, 0) is 19.3 Å². The molecule has 0 aromatic carbocycles. The van der Waals surface area contributed by atoms with Crippen molar-refractivity contribution < 1.29 is 14.7 Å². The Bertz CT molecular complexity index is 326. The third-order valence-corrected chi connectivity index (χ3v) is 3.15. The molecule has 1 aliphatic rings. The highest BCUT2D eigenvalue weighted by atomic mass is 35.5. The number of aliphatic carboxylic acids is 1. The third-order valence-electron chi connectivity index (χ3n) is 2.98. The number of hydrogen-bond donors (Lipinski definition) is 2. The molecule has 1 saturated carbocycles. The average molecular weight is 278 g/mol. The van der Waals surface area contributed by atoms with E-state index in [9.17, 15) is 14.5 Å². The van der Waals surface area contributed by atoms with Crippen molar-refractivity contribution in [2.24, 2.45) is 11.2 Å². The molecule has 18 heavy (non-hydrogen) atoms. The monoisotopic (exact) mass is 277 g/mol. The first-order chi connectivity index (χ1) is 8.58. The van der Waals surface area contributed by atoms with E-state index in [0.717, 1.165) is 6.42 Å². The summed E-state index contributed by atoms with van der Waals surface area (Å²) in [6.45, 7) is 0.0337. The Hall–Kier alpha value is -1.37. The molecule has 0 radical (unpaired) electrons. The van der Waals surface area contributed by atoms with Crippen molar-refractivity contribution in [3.8, 4) is 0 Å². The Morgan fingerprint density at radius 2 is 2.17 bits per heavy atom. The summed E-state index contributed by atoms with van der Waals surface area (Å²) < 4.78 is 0. The van der Waals surface area contributed by atoms with E-state index in [2.05, 4.69) is 10.6 Å². The normalized spacial score (nSPS) is 23.2. The molecule has 0 spiro atoms. The number of carboxylic acids is 1. The number of carbonyl (C=O) groups excluding carboxylic acids is 1. The van der Waals surface area contributed by atoms with Crippen LogP contribution in [0.5, 0.6) is 0 Å². The zero-order chi connectivity index (χ0) is 13.5. The highest BCUT2D eigenvalue weighted by Gasteiger charge is 2.28. The molecule has 1 rings (SSSR count). The first kappa shape index (κ1) is 14.7. The second-order valence-corrected chi connectivity index (χ2v) is 4.62. The van der Waals surface area contributed by atoms with Gasteiger partial charge in [-0.15, -0.1) is 16.5 Å². The number of carboxylic acid groups (broad SMARTS) is 1. The predicted octanol–water partition coefficient (Wildman–Crippen LogP) is 1.56. The number of nitrogens with one attached hydrogen (secondary N) is 1. The lowest BCUT2D eigenvalue weighted by molar-refractivity contribution is -0.143. The van der Waals surface area contributed by atoms with Gasteiger partial charge in [0.05, 0.1) is 17.7 Å². The van der Waals surface area contributed by atoms with Crippen LogP contribution in [0, 0.1) is 10.8 Å². The largest absolute Gasteiger partial charge is 0.481 e. The summed E-state index contributed by atoms with van der Waals surface area (Å²) in [5, 5.41) is 14.8. The minimum absolute atomic E-state index is 0.0337. The highest BCUT2D eigenvalue weighted by Crippen LogP contribution is 2.24. The fraction of sp³-hybridized carbons (Fsp3) is 0.800. The molecule has 102 valence electrons. The Kier molecular flexibility index (Phi) is 5.84. The van der Waals surface area contributed by atoms with Gasteiger partial charge in [-0.3, -0.25) is 4.79 Å². The minimum Gasteiger partial charge on any atom is -0.481 e. The van der Waals surface area contributed by atoms with Gasteiger partial charge in [0, 0.05) is 11.9 Å². The van der Waals surface area contributed by atoms with Gasteiger partial charge in [0.1, 0.15) is 0 Å². The topological polar surface area (TPSA) is 99.1 Å². The van der Waals surface area contributed by atoms with Crippen LogP contribution < -0.4 is 5.32 Å². The summed E-state index contributed by atoms with van der Waals surface area (Å²) in [7, 11) is 0. The highest BCUT2D eigenvalue weighted by molar-refractivity contribution is 6.18. The molecule has 1 aliphatic carbocycles. The Morgan fingerprint density at radius 1 is 1.44 bits per heavy atom. The van der Waals surface area contributed by atoms with E-state index in [4.69, 9.17) is 16.7 Å². The number of carbonyl (C=O) groups is 2. The van der Waals surface area contributed by atoms with Crippen LogP contribution in [0.3, 0.4) is 0 Å². The second-order valence-electron chi connectivity index (χ2n) is 4.24. The summed E-state index contributed by atoms with van der Waals surface area (Å²) in [4.78, 5) is 32.9. The molecule has 0 heterocycles.